The molecule has 0 spiro atoms. The Kier molecular flexibility index (Phi) is 3.35. The minimum atomic E-state index is -0.842. The number of carboxylic acid groups (broad SMARTS) is 1. The van der Waals surface area contributed by atoms with E-state index in [0.29, 0.717) is 0 Å². The van der Waals surface area contributed by atoms with Gasteiger partial charge in [-0.15, -0.1) is 0 Å². The first-order valence-electron chi connectivity index (χ1n) is 5.24. The molecule has 86 valence electrons. The Bertz CT molecular complexity index is 529. The van der Waals surface area contributed by atoms with Crippen molar-refractivity contribution in [2.24, 2.45) is 0 Å². The van der Waals surface area contributed by atoms with Gasteiger partial charge in [0.2, 0.25) is 0 Å². The van der Waals surface area contributed by atoms with Gasteiger partial charge in [0.1, 0.15) is 0 Å². The fraction of sp³-hybridized carbons (Fsp3) is 0.0769. The Labute approximate surface area is 98.6 Å². The molecule has 0 atom stereocenters. The van der Waals surface area contributed by atoms with Crippen LogP contribution in [0.1, 0.15) is 12.0 Å². The zero-order chi connectivity index (χ0) is 12.1. The smallest absolute Gasteiger partial charge is 0.307 e. The molecule has 0 radical (unpaired) electrons. The molecule has 0 fully saturated rings. The zero-order valence-electron chi connectivity index (χ0n) is 9.13. The number of nitrogens with zero attached hydrogens (tertiary/aromatic N) is 1. The molecule has 1 aromatic carbocycles. The van der Waals surface area contributed by atoms with E-state index in [2.05, 4.69) is 10.2 Å². The number of H-pyrrole nitrogens is 1. The summed E-state index contributed by atoms with van der Waals surface area (Å²) in [6, 6.07) is 9.78. The number of rotatable bonds is 4. The first-order valence-corrected chi connectivity index (χ1v) is 5.24. The topological polar surface area (TPSA) is 66.0 Å². The lowest BCUT2D eigenvalue weighted by Gasteiger charge is -1.98. The van der Waals surface area contributed by atoms with Crippen molar-refractivity contribution in [3.63, 3.8) is 0 Å². The average Bonchev–Trinajstić information content (AvgIpc) is 2.78. The molecular weight excluding hydrogens is 216 g/mol. The lowest BCUT2D eigenvalue weighted by molar-refractivity contribution is -0.135. The van der Waals surface area contributed by atoms with Crippen LogP contribution in [-0.2, 0) is 4.79 Å². The van der Waals surface area contributed by atoms with Gasteiger partial charge in [-0.2, -0.15) is 5.10 Å². The first-order chi connectivity index (χ1) is 8.27. The van der Waals surface area contributed by atoms with Gasteiger partial charge in [0.25, 0.3) is 0 Å². The molecule has 0 unspecified atom stereocenters. The third-order valence-corrected chi connectivity index (χ3v) is 2.32. The van der Waals surface area contributed by atoms with Crippen LogP contribution in [0, 0.1) is 0 Å². The molecule has 2 rings (SSSR count). The number of benzene rings is 1. The molecular formula is C13H12N2O2. The third kappa shape index (κ3) is 2.81. The number of hydrogen-bond acceptors (Lipinski definition) is 2. The molecule has 2 N–H and O–H groups in total. The summed E-state index contributed by atoms with van der Waals surface area (Å²) in [4.78, 5) is 10.4. The van der Waals surface area contributed by atoms with Gasteiger partial charge in [-0.1, -0.05) is 42.5 Å². The maximum absolute atomic E-state index is 10.4. The van der Waals surface area contributed by atoms with Crippen LogP contribution in [0.3, 0.4) is 0 Å². The van der Waals surface area contributed by atoms with Crippen LogP contribution >= 0.6 is 0 Å². The van der Waals surface area contributed by atoms with Gasteiger partial charge in [-0.05, 0) is 0 Å². The van der Waals surface area contributed by atoms with E-state index in [-0.39, 0.29) is 6.42 Å². The molecule has 0 amide bonds. The number of aromatic nitrogens is 2. The summed E-state index contributed by atoms with van der Waals surface area (Å²) in [7, 11) is 0. The summed E-state index contributed by atoms with van der Waals surface area (Å²) in [5.74, 6) is -0.842. The normalized spacial score (nSPS) is 10.8. The fourth-order valence-corrected chi connectivity index (χ4v) is 1.54. The largest absolute Gasteiger partial charge is 0.481 e. The van der Waals surface area contributed by atoms with Crippen LogP contribution in [0.4, 0.5) is 0 Å². The highest BCUT2D eigenvalue weighted by Gasteiger charge is 2.04. The molecule has 4 heteroatoms. The highest BCUT2D eigenvalue weighted by molar-refractivity contribution is 5.74. The van der Waals surface area contributed by atoms with E-state index in [0.717, 1.165) is 16.8 Å². The first kappa shape index (κ1) is 11.1. The molecule has 17 heavy (non-hydrogen) atoms. The van der Waals surface area contributed by atoms with Gasteiger partial charge in [0, 0.05) is 11.1 Å². The van der Waals surface area contributed by atoms with Crippen LogP contribution in [0.25, 0.3) is 17.3 Å². The monoisotopic (exact) mass is 228 g/mol. The molecule has 0 saturated carbocycles. The van der Waals surface area contributed by atoms with Crippen LogP contribution in [0.15, 0.2) is 42.6 Å². The zero-order valence-corrected chi connectivity index (χ0v) is 9.13. The number of aliphatic carboxylic acids is 1. The average molecular weight is 228 g/mol. The van der Waals surface area contributed by atoms with E-state index in [4.69, 9.17) is 5.11 Å². The Balaban J connectivity index is 2.23. The molecule has 2 aromatic rings. The van der Waals surface area contributed by atoms with Crippen molar-refractivity contribution in [2.45, 2.75) is 6.42 Å². The summed E-state index contributed by atoms with van der Waals surface area (Å²) < 4.78 is 0. The van der Waals surface area contributed by atoms with Gasteiger partial charge >= 0.3 is 5.97 Å². The second-order valence-electron chi connectivity index (χ2n) is 3.57. The maximum atomic E-state index is 10.4. The summed E-state index contributed by atoms with van der Waals surface area (Å²) in [5, 5.41) is 15.4. The van der Waals surface area contributed by atoms with Crippen molar-refractivity contribution in [1.82, 2.24) is 10.2 Å². The lowest BCUT2D eigenvalue weighted by Crippen LogP contribution is -1.89. The second kappa shape index (κ2) is 5.12. The van der Waals surface area contributed by atoms with E-state index in [1.54, 1.807) is 18.3 Å². The van der Waals surface area contributed by atoms with Crippen molar-refractivity contribution in [2.75, 3.05) is 0 Å². The summed E-state index contributed by atoms with van der Waals surface area (Å²) in [5.41, 5.74) is 2.81. The predicted octanol–water partition coefficient (Wildman–Crippen LogP) is 2.56. The van der Waals surface area contributed by atoms with Crippen LogP contribution in [-0.4, -0.2) is 21.3 Å². The molecule has 1 heterocycles. The number of carboxylic acids is 1. The van der Waals surface area contributed by atoms with Gasteiger partial charge in [0.05, 0.1) is 18.3 Å². The molecule has 0 saturated heterocycles. The number of nitrogens with one attached hydrogen (secondary N) is 1. The van der Waals surface area contributed by atoms with E-state index >= 15 is 0 Å². The van der Waals surface area contributed by atoms with Crippen molar-refractivity contribution < 1.29 is 9.90 Å². The lowest BCUT2D eigenvalue weighted by atomic mass is 10.1. The van der Waals surface area contributed by atoms with E-state index in [9.17, 15) is 4.79 Å². The molecule has 0 aliphatic carbocycles. The molecule has 4 nitrogen and oxygen atoms in total. The van der Waals surface area contributed by atoms with Crippen LogP contribution in [0.5, 0.6) is 0 Å². The van der Waals surface area contributed by atoms with Crippen LogP contribution < -0.4 is 0 Å². The summed E-state index contributed by atoms with van der Waals surface area (Å²) in [6.45, 7) is 0. The molecule has 0 bridgehead atoms. The standard InChI is InChI=1S/C13H12N2O2/c16-12(17)8-4-7-11-9-14-15-13(11)10-5-2-1-3-6-10/h1-7,9H,8H2,(H,14,15)(H,16,17). The Morgan fingerprint density at radius 1 is 1.35 bits per heavy atom. The van der Waals surface area contributed by atoms with Gasteiger partial charge in [-0.25, -0.2) is 0 Å². The molecule has 1 aromatic heterocycles. The minimum Gasteiger partial charge on any atom is -0.481 e. The van der Waals surface area contributed by atoms with Crippen molar-refractivity contribution >= 4 is 12.0 Å². The second-order valence-corrected chi connectivity index (χ2v) is 3.57. The molecule has 0 aliphatic rings. The quantitative estimate of drug-likeness (QED) is 0.845. The SMILES string of the molecule is O=C(O)CC=Cc1cn[nH]c1-c1ccccc1. The van der Waals surface area contributed by atoms with E-state index < -0.39 is 5.97 Å². The number of hydrogen-bond donors (Lipinski definition) is 2. The van der Waals surface area contributed by atoms with Crippen molar-refractivity contribution in [3.8, 4) is 11.3 Å². The predicted molar refractivity (Wildman–Crippen MR) is 65.3 cm³/mol. The summed E-state index contributed by atoms with van der Waals surface area (Å²) >= 11 is 0. The third-order valence-electron chi connectivity index (χ3n) is 2.32. The summed E-state index contributed by atoms with van der Waals surface area (Å²) in [6.07, 6.45) is 5.07. The maximum Gasteiger partial charge on any atom is 0.307 e. The highest BCUT2D eigenvalue weighted by Crippen LogP contribution is 2.21. The van der Waals surface area contributed by atoms with Crippen molar-refractivity contribution in [1.29, 1.82) is 0 Å². The Morgan fingerprint density at radius 3 is 2.82 bits per heavy atom. The Hall–Kier alpha value is -2.36. The van der Waals surface area contributed by atoms with Gasteiger partial charge < -0.3 is 5.11 Å². The van der Waals surface area contributed by atoms with E-state index in [1.807, 2.05) is 30.3 Å². The van der Waals surface area contributed by atoms with Crippen LogP contribution in [0.2, 0.25) is 0 Å². The van der Waals surface area contributed by atoms with E-state index in [1.165, 1.54) is 0 Å². The minimum absolute atomic E-state index is 0.0133. The van der Waals surface area contributed by atoms with Crippen molar-refractivity contribution in [3.05, 3.63) is 48.2 Å². The number of aromatic amines is 1. The highest BCUT2D eigenvalue weighted by atomic mass is 16.4. The Morgan fingerprint density at radius 2 is 2.12 bits per heavy atom. The van der Waals surface area contributed by atoms with Gasteiger partial charge in [0.15, 0.2) is 0 Å². The number of carbonyl (C=O) groups is 1. The fourth-order valence-electron chi connectivity index (χ4n) is 1.54. The van der Waals surface area contributed by atoms with Gasteiger partial charge in [-0.3, -0.25) is 9.89 Å². The molecule has 0 aliphatic heterocycles.